The zero-order valence-corrected chi connectivity index (χ0v) is 14.2. The van der Waals surface area contributed by atoms with E-state index in [1.165, 1.54) is 23.3 Å². The highest BCUT2D eigenvalue weighted by Gasteiger charge is 2.41. The number of thiophene rings is 1. The summed E-state index contributed by atoms with van der Waals surface area (Å²) in [4.78, 5) is 16.4. The second-order valence-electron chi connectivity index (χ2n) is 7.25. The monoisotopic (exact) mass is 329 g/mol. The fraction of sp³-hybridized carbons (Fsp3) is 0.667. The lowest BCUT2D eigenvalue weighted by atomic mass is 9.95. The van der Waals surface area contributed by atoms with E-state index in [2.05, 4.69) is 27.7 Å². The molecule has 1 atom stereocenters. The van der Waals surface area contributed by atoms with Crippen molar-refractivity contribution in [1.29, 1.82) is 5.26 Å². The molecular weight excluding hydrogens is 306 g/mol. The predicted octanol–water partition coefficient (Wildman–Crippen LogP) is 3.01. The molecule has 1 amide bonds. The molecule has 2 saturated carbocycles. The maximum atomic E-state index is 12.6. The van der Waals surface area contributed by atoms with Crippen molar-refractivity contribution in [3.8, 4) is 6.07 Å². The quantitative estimate of drug-likeness (QED) is 0.924. The van der Waals surface area contributed by atoms with Crippen LogP contribution in [-0.4, -0.2) is 29.4 Å². The van der Waals surface area contributed by atoms with E-state index in [1.54, 1.807) is 0 Å². The number of nitrogens with one attached hydrogen (secondary N) is 1. The van der Waals surface area contributed by atoms with E-state index in [0.29, 0.717) is 18.5 Å². The summed E-state index contributed by atoms with van der Waals surface area (Å²) in [5.74, 6) is 0.741. The van der Waals surface area contributed by atoms with E-state index in [1.807, 2.05) is 11.3 Å². The first-order valence-corrected chi connectivity index (χ1v) is 9.61. The number of hydrogen-bond donors (Lipinski definition) is 1. The zero-order chi connectivity index (χ0) is 15.9. The van der Waals surface area contributed by atoms with Crippen molar-refractivity contribution in [2.45, 2.75) is 56.5 Å². The van der Waals surface area contributed by atoms with Crippen LogP contribution in [0.4, 0.5) is 0 Å². The second kappa shape index (κ2) is 5.92. The van der Waals surface area contributed by atoms with E-state index >= 15 is 0 Å². The lowest BCUT2D eigenvalue weighted by molar-refractivity contribution is -0.124. The van der Waals surface area contributed by atoms with Crippen LogP contribution >= 0.6 is 11.3 Å². The van der Waals surface area contributed by atoms with Gasteiger partial charge in [0, 0.05) is 17.5 Å². The Kier molecular flexibility index (Phi) is 3.90. The van der Waals surface area contributed by atoms with Gasteiger partial charge in [0.2, 0.25) is 5.91 Å². The molecule has 3 aliphatic rings. The highest BCUT2D eigenvalue weighted by atomic mass is 32.1. The van der Waals surface area contributed by atoms with Gasteiger partial charge in [0.05, 0.1) is 12.6 Å². The van der Waals surface area contributed by atoms with E-state index in [9.17, 15) is 10.1 Å². The molecule has 1 aliphatic heterocycles. The smallest absolute Gasteiger partial charge is 0.235 e. The van der Waals surface area contributed by atoms with Crippen LogP contribution in [0.15, 0.2) is 11.4 Å². The minimum atomic E-state index is -0.602. The van der Waals surface area contributed by atoms with Crippen molar-refractivity contribution in [2.24, 2.45) is 5.92 Å². The summed E-state index contributed by atoms with van der Waals surface area (Å²) in [5.41, 5.74) is 0.850. The van der Waals surface area contributed by atoms with E-state index < -0.39 is 5.54 Å². The van der Waals surface area contributed by atoms with Crippen LogP contribution in [0.1, 0.15) is 55.0 Å². The number of fused-ring (bicyclic) bond motifs is 1. The van der Waals surface area contributed by atoms with Crippen LogP contribution in [0.5, 0.6) is 0 Å². The molecule has 23 heavy (non-hydrogen) atoms. The van der Waals surface area contributed by atoms with Crippen molar-refractivity contribution in [3.63, 3.8) is 0 Å². The van der Waals surface area contributed by atoms with Gasteiger partial charge in [-0.25, -0.2) is 0 Å². The molecule has 2 aliphatic carbocycles. The van der Waals surface area contributed by atoms with Crippen LogP contribution in [0.3, 0.4) is 0 Å². The standard InChI is InChI=1S/C18H23N3OS/c19-12-18(7-1-2-8-18)20-16(22)11-21-9-5-15-14(6-10-23-15)17(21)13-3-4-13/h6,10,13,17H,1-5,7-9,11H2,(H,20,22). The minimum Gasteiger partial charge on any atom is -0.337 e. The van der Waals surface area contributed by atoms with Crippen molar-refractivity contribution in [2.75, 3.05) is 13.1 Å². The molecule has 5 heteroatoms. The summed E-state index contributed by atoms with van der Waals surface area (Å²) in [6.45, 7) is 1.39. The molecule has 2 fully saturated rings. The Morgan fingerprint density at radius 2 is 2.22 bits per heavy atom. The third kappa shape index (κ3) is 2.90. The molecule has 1 aromatic heterocycles. The van der Waals surface area contributed by atoms with Gasteiger partial charge in [-0.3, -0.25) is 9.69 Å². The number of hydrogen-bond acceptors (Lipinski definition) is 4. The molecule has 122 valence electrons. The van der Waals surface area contributed by atoms with E-state index in [4.69, 9.17) is 0 Å². The van der Waals surface area contributed by atoms with Crippen LogP contribution in [0.2, 0.25) is 0 Å². The first kappa shape index (κ1) is 15.2. The largest absolute Gasteiger partial charge is 0.337 e. The molecule has 0 bridgehead atoms. The maximum absolute atomic E-state index is 12.6. The van der Waals surface area contributed by atoms with Crippen LogP contribution in [0.25, 0.3) is 0 Å². The Labute approximate surface area is 141 Å². The third-order valence-electron chi connectivity index (χ3n) is 5.58. The minimum absolute atomic E-state index is 0.0257. The van der Waals surface area contributed by atoms with Crippen molar-refractivity contribution in [1.82, 2.24) is 10.2 Å². The van der Waals surface area contributed by atoms with Crippen molar-refractivity contribution >= 4 is 17.2 Å². The van der Waals surface area contributed by atoms with Crippen molar-refractivity contribution < 1.29 is 4.79 Å². The molecule has 1 aromatic rings. The second-order valence-corrected chi connectivity index (χ2v) is 8.25. The Morgan fingerprint density at radius 3 is 2.91 bits per heavy atom. The molecule has 4 rings (SSSR count). The van der Waals surface area contributed by atoms with Gasteiger partial charge in [-0.15, -0.1) is 11.3 Å². The van der Waals surface area contributed by atoms with Crippen molar-refractivity contribution in [3.05, 3.63) is 21.9 Å². The number of nitriles is 1. The van der Waals surface area contributed by atoms with Gasteiger partial charge in [0.1, 0.15) is 5.54 Å². The van der Waals surface area contributed by atoms with Gasteiger partial charge in [-0.05, 0) is 67.9 Å². The molecule has 1 N–H and O–H groups in total. The van der Waals surface area contributed by atoms with E-state index in [-0.39, 0.29) is 5.91 Å². The topological polar surface area (TPSA) is 56.1 Å². The summed E-state index contributed by atoms with van der Waals surface area (Å²) in [5, 5.41) is 14.7. The summed E-state index contributed by atoms with van der Waals surface area (Å²) in [6.07, 6.45) is 7.29. The normalized spacial score (nSPS) is 26.5. The van der Waals surface area contributed by atoms with E-state index in [0.717, 1.165) is 38.6 Å². The Bertz CT molecular complexity index is 637. The molecule has 2 heterocycles. The Hall–Kier alpha value is -1.38. The fourth-order valence-corrected chi connectivity index (χ4v) is 5.19. The van der Waals surface area contributed by atoms with Gasteiger partial charge < -0.3 is 5.32 Å². The van der Waals surface area contributed by atoms with Gasteiger partial charge in [-0.1, -0.05) is 0 Å². The molecule has 0 saturated heterocycles. The molecule has 0 aromatic carbocycles. The number of carbonyl (C=O) groups excluding carboxylic acids is 1. The Balaban J connectivity index is 1.46. The Morgan fingerprint density at radius 1 is 1.43 bits per heavy atom. The maximum Gasteiger partial charge on any atom is 0.235 e. The van der Waals surface area contributed by atoms with Gasteiger partial charge in [-0.2, -0.15) is 5.26 Å². The number of rotatable bonds is 4. The molecule has 4 nitrogen and oxygen atoms in total. The first-order valence-electron chi connectivity index (χ1n) is 8.73. The summed E-state index contributed by atoms with van der Waals surface area (Å²) in [7, 11) is 0. The SMILES string of the molecule is N#CC1(NC(=O)CN2CCc3sccc3C2C2CC2)CCCC1. The first-order chi connectivity index (χ1) is 11.2. The average Bonchev–Trinajstić information content (AvgIpc) is 3.08. The lowest BCUT2D eigenvalue weighted by Gasteiger charge is -2.36. The zero-order valence-electron chi connectivity index (χ0n) is 13.4. The molecule has 0 radical (unpaired) electrons. The fourth-order valence-electron chi connectivity index (χ4n) is 4.27. The average molecular weight is 329 g/mol. The number of amides is 1. The van der Waals surface area contributed by atoms with Gasteiger partial charge in [0.25, 0.3) is 0 Å². The molecule has 1 unspecified atom stereocenters. The van der Waals surface area contributed by atoms with Gasteiger partial charge in [0.15, 0.2) is 0 Å². The van der Waals surface area contributed by atoms with Crippen LogP contribution in [-0.2, 0) is 11.2 Å². The van der Waals surface area contributed by atoms with Gasteiger partial charge >= 0.3 is 0 Å². The summed E-state index contributed by atoms with van der Waals surface area (Å²) >= 11 is 1.85. The number of carbonyl (C=O) groups is 1. The predicted molar refractivity (Wildman–Crippen MR) is 90.0 cm³/mol. The molecular formula is C18H23N3OS. The highest BCUT2D eigenvalue weighted by Crippen LogP contribution is 2.48. The highest BCUT2D eigenvalue weighted by molar-refractivity contribution is 7.10. The lowest BCUT2D eigenvalue weighted by Crippen LogP contribution is -2.50. The number of nitrogens with zero attached hydrogens (tertiary/aromatic N) is 2. The third-order valence-corrected chi connectivity index (χ3v) is 6.58. The van der Waals surface area contributed by atoms with Crippen LogP contribution in [0, 0.1) is 17.2 Å². The summed E-state index contributed by atoms with van der Waals surface area (Å²) < 4.78 is 0. The summed E-state index contributed by atoms with van der Waals surface area (Å²) in [6, 6.07) is 5.02. The molecule has 0 spiro atoms. The van der Waals surface area contributed by atoms with Crippen LogP contribution < -0.4 is 5.32 Å².